The fraction of sp³-hybridized carbons (Fsp3) is 0.0526. The Morgan fingerprint density at radius 1 is 1.17 bits per heavy atom. The normalized spacial score (nSPS) is 11.3. The molecule has 0 aliphatic rings. The van der Waals surface area contributed by atoms with Crippen LogP contribution in [0.1, 0.15) is 11.1 Å². The van der Waals surface area contributed by atoms with Gasteiger partial charge in [0.1, 0.15) is 11.6 Å². The van der Waals surface area contributed by atoms with Crippen LogP contribution < -0.4 is 5.32 Å². The molecule has 0 aromatic heterocycles. The Bertz CT molecular complexity index is 802. The first kappa shape index (κ1) is 16.5. The lowest BCUT2D eigenvalue weighted by molar-refractivity contribution is -0.112. The summed E-state index contributed by atoms with van der Waals surface area (Å²) in [5.74, 6) is -0.462. The molecule has 1 amide bonds. The number of nitrogens with zero attached hydrogens (tertiary/aromatic N) is 1. The summed E-state index contributed by atoms with van der Waals surface area (Å²) in [5.41, 5.74) is 2.37. The van der Waals surface area contributed by atoms with E-state index in [1.807, 2.05) is 49.4 Å². The lowest BCUT2D eigenvalue weighted by atomic mass is 10.1. The molecule has 0 spiro atoms. The van der Waals surface area contributed by atoms with Crippen molar-refractivity contribution in [1.82, 2.24) is 0 Å². The molecular formula is C19H15ClN2O. The number of carbonyl (C=O) groups is 1. The largest absolute Gasteiger partial charge is 0.321 e. The summed E-state index contributed by atoms with van der Waals surface area (Å²) >= 11 is 6.02. The van der Waals surface area contributed by atoms with Gasteiger partial charge in [0.15, 0.2) is 0 Å². The summed E-state index contributed by atoms with van der Waals surface area (Å²) in [7, 11) is 0. The zero-order valence-electron chi connectivity index (χ0n) is 12.6. The average molecular weight is 323 g/mol. The third kappa shape index (κ3) is 4.57. The molecule has 2 rings (SSSR count). The lowest BCUT2D eigenvalue weighted by Crippen LogP contribution is -2.14. The Morgan fingerprint density at radius 3 is 2.61 bits per heavy atom. The minimum atomic E-state index is -0.462. The zero-order chi connectivity index (χ0) is 16.7. The first-order valence-electron chi connectivity index (χ1n) is 7.02. The van der Waals surface area contributed by atoms with E-state index in [9.17, 15) is 4.79 Å². The van der Waals surface area contributed by atoms with Crippen LogP contribution in [0.15, 0.2) is 66.3 Å². The number of amides is 1. The van der Waals surface area contributed by atoms with E-state index >= 15 is 0 Å². The van der Waals surface area contributed by atoms with E-state index < -0.39 is 5.91 Å². The number of allylic oxidation sites excluding steroid dienone is 2. The summed E-state index contributed by atoms with van der Waals surface area (Å²) in [5, 5.41) is 12.4. The highest BCUT2D eigenvalue weighted by Gasteiger charge is 2.10. The number of hydrogen-bond acceptors (Lipinski definition) is 2. The smallest absolute Gasteiger partial charge is 0.266 e. The Morgan fingerprint density at radius 2 is 1.91 bits per heavy atom. The Labute approximate surface area is 140 Å². The van der Waals surface area contributed by atoms with Crippen molar-refractivity contribution in [3.8, 4) is 6.07 Å². The standard InChI is InChI=1S/C19H15ClN2O/c1-14-17(20)11-6-12-18(14)22-19(23)16(13-21)10-5-9-15-7-3-2-4-8-15/h2-12H,1H3,(H,22,23)/b9-5+,16-10+. The molecule has 0 saturated carbocycles. The second kappa shape index (κ2) is 7.98. The molecule has 23 heavy (non-hydrogen) atoms. The maximum absolute atomic E-state index is 12.2. The second-order valence-corrected chi connectivity index (χ2v) is 5.24. The highest BCUT2D eigenvalue weighted by atomic mass is 35.5. The van der Waals surface area contributed by atoms with Crippen LogP contribution in [-0.4, -0.2) is 5.91 Å². The van der Waals surface area contributed by atoms with Gasteiger partial charge in [-0.05, 0) is 36.3 Å². The number of benzene rings is 2. The molecule has 2 aromatic carbocycles. The van der Waals surface area contributed by atoms with Gasteiger partial charge in [-0.25, -0.2) is 0 Å². The number of nitriles is 1. The van der Waals surface area contributed by atoms with Crippen LogP contribution in [-0.2, 0) is 4.79 Å². The Balaban J connectivity index is 2.13. The van der Waals surface area contributed by atoms with Crippen LogP contribution in [0, 0.1) is 18.3 Å². The van der Waals surface area contributed by atoms with E-state index in [0.717, 1.165) is 11.1 Å². The molecule has 0 bridgehead atoms. The van der Waals surface area contributed by atoms with Gasteiger partial charge in [0, 0.05) is 10.7 Å². The van der Waals surface area contributed by atoms with E-state index in [-0.39, 0.29) is 5.57 Å². The predicted molar refractivity (Wildman–Crippen MR) is 94.0 cm³/mol. The average Bonchev–Trinajstić information content (AvgIpc) is 2.56. The van der Waals surface area contributed by atoms with Gasteiger partial charge >= 0.3 is 0 Å². The third-order valence-corrected chi connectivity index (χ3v) is 3.64. The molecule has 0 unspecified atom stereocenters. The van der Waals surface area contributed by atoms with E-state index in [0.29, 0.717) is 10.7 Å². The van der Waals surface area contributed by atoms with E-state index in [1.165, 1.54) is 6.08 Å². The van der Waals surface area contributed by atoms with Crippen molar-refractivity contribution in [2.75, 3.05) is 5.32 Å². The van der Waals surface area contributed by atoms with Crippen molar-refractivity contribution >= 4 is 29.3 Å². The van der Waals surface area contributed by atoms with E-state index in [4.69, 9.17) is 16.9 Å². The summed E-state index contributed by atoms with van der Waals surface area (Å²) in [6, 6.07) is 16.8. The van der Waals surface area contributed by atoms with Crippen molar-refractivity contribution in [3.05, 3.63) is 82.4 Å². The van der Waals surface area contributed by atoms with E-state index in [2.05, 4.69) is 5.32 Å². The summed E-state index contributed by atoms with van der Waals surface area (Å²) in [6.07, 6.45) is 5.00. The topological polar surface area (TPSA) is 52.9 Å². The van der Waals surface area contributed by atoms with Gasteiger partial charge in [-0.15, -0.1) is 0 Å². The molecule has 0 saturated heterocycles. The molecule has 114 valence electrons. The molecule has 0 aliphatic heterocycles. The second-order valence-electron chi connectivity index (χ2n) is 4.83. The molecule has 0 fully saturated rings. The first-order chi connectivity index (χ1) is 11.1. The summed E-state index contributed by atoms with van der Waals surface area (Å²) in [6.45, 7) is 1.81. The van der Waals surface area contributed by atoms with Crippen molar-refractivity contribution in [2.45, 2.75) is 6.92 Å². The van der Waals surface area contributed by atoms with Crippen molar-refractivity contribution in [1.29, 1.82) is 5.26 Å². The SMILES string of the molecule is Cc1c(Cl)cccc1NC(=O)/C(C#N)=C/C=C/c1ccccc1. The van der Waals surface area contributed by atoms with Crippen LogP contribution in [0.3, 0.4) is 0 Å². The molecule has 0 heterocycles. The molecule has 1 N–H and O–H groups in total. The highest BCUT2D eigenvalue weighted by Crippen LogP contribution is 2.23. The van der Waals surface area contributed by atoms with Crippen molar-refractivity contribution in [2.24, 2.45) is 0 Å². The quantitative estimate of drug-likeness (QED) is 0.501. The molecule has 0 aliphatic carbocycles. The van der Waals surface area contributed by atoms with E-state index in [1.54, 1.807) is 24.3 Å². The van der Waals surface area contributed by atoms with Gasteiger partial charge in [-0.2, -0.15) is 5.26 Å². The number of carbonyl (C=O) groups excluding carboxylic acids is 1. The number of halogens is 1. The van der Waals surface area contributed by atoms with Gasteiger partial charge in [-0.3, -0.25) is 4.79 Å². The molecule has 0 atom stereocenters. The van der Waals surface area contributed by atoms with Gasteiger partial charge in [0.2, 0.25) is 0 Å². The Kier molecular flexibility index (Phi) is 5.74. The maximum Gasteiger partial charge on any atom is 0.266 e. The molecule has 4 heteroatoms. The molecule has 0 radical (unpaired) electrons. The Hall–Kier alpha value is -2.83. The van der Waals surface area contributed by atoms with Crippen LogP contribution in [0.4, 0.5) is 5.69 Å². The maximum atomic E-state index is 12.2. The zero-order valence-corrected chi connectivity index (χ0v) is 13.3. The first-order valence-corrected chi connectivity index (χ1v) is 7.39. The molecule has 3 nitrogen and oxygen atoms in total. The van der Waals surface area contributed by atoms with Crippen LogP contribution >= 0.6 is 11.6 Å². The highest BCUT2D eigenvalue weighted by molar-refractivity contribution is 6.31. The number of nitrogens with one attached hydrogen (secondary N) is 1. The van der Waals surface area contributed by atoms with Crippen LogP contribution in [0.5, 0.6) is 0 Å². The van der Waals surface area contributed by atoms with Crippen LogP contribution in [0.25, 0.3) is 6.08 Å². The van der Waals surface area contributed by atoms with Gasteiger partial charge in [0.05, 0.1) is 0 Å². The fourth-order valence-electron chi connectivity index (χ4n) is 1.92. The van der Waals surface area contributed by atoms with Gasteiger partial charge in [0.25, 0.3) is 5.91 Å². The van der Waals surface area contributed by atoms with Gasteiger partial charge < -0.3 is 5.32 Å². The van der Waals surface area contributed by atoms with Gasteiger partial charge in [-0.1, -0.05) is 60.2 Å². The predicted octanol–water partition coefficient (Wildman–Crippen LogP) is 4.75. The van der Waals surface area contributed by atoms with Crippen molar-refractivity contribution < 1.29 is 4.79 Å². The van der Waals surface area contributed by atoms with Crippen LogP contribution in [0.2, 0.25) is 5.02 Å². The number of rotatable bonds is 4. The number of anilines is 1. The van der Waals surface area contributed by atoms with Crippen molar-refractivity contribution in [3.63, 3.8) is 0 Å². The summed E-state index contributed by atoms with van der Waals surface area (Å²) in [4.78, 5) is 12.2. The minimum Gasteiger partial charge on any atom is -0.321 e. The molecule has 2 aromatic rings. The number of hydrogen-bond donors (Lipinski definition) is 1. The molecular weight excluding hydrogens is 308 g/mol. The fourth-order valence-corrected chi connectivity index (χ4v) is 2.09. The monoisotopic (exact) mass is 322 g/mol. The summed E-state index contributed by atoms with van der Waals surface area (Å²) < 4.78 is 0. The third-order valence-electron chi connectivity index (χ3n) is 3.23. The lowest BCUT2D eigenvalue weighted by Gasteiger charge is -2.08. The minimum absolute atomic E-state index is 0.0246.